The fraction of sp³-hybridized carbons (Fsp3) is 0.250. The van der Waals surface area contributed by atoms with Crippen LogP contribution in [0.3, 0.4) is 0 Å². The maximum atomic E-state index is 11.8. The van der Waals surface area contributed by atoms with E-state index in [0.29, 0.717) is 18.4 Å². The Morgan fingerprint density at radius 2 is 1.69 bits per heavy atom. The Kier molecular flexibility index (Phi) is 7.05. The predicted molar refractivity (Wildman–Crippen MR) is 101 cm³/mol. The first-order valence-corrected chi connectivity index (χ1v) is 8.38. The number of ether oxygens (including phenoxy) is 1. The van der Waals surface area contributed by atoms with Crippen molar-refractivity contribution in [1.29, 1.82) is 0 Å². The molecule has 6 heteroatoms. The number of Topliss-reactive ketones (excluding diaryl/α,β-unsaturated/α-hetero) is 1. The summed E-state index contributed by atoms with van der Waals surface area (Å²) in [7, 11) is 0. The minimum atomic E-state index is -0.738. The van der Waals surface area contributed by atoms with Crippen LogP contribution in [0.4, 0.5) is 4.79 Å². The van der Waals surface area contributed by atoms with Gasteiger partial charge in [0.05, 0.1) is 6.04 Å². The summed E-state index contributed by atoms with van der Waals surface area (Å²) in [5.74, 6) is 0.109. The molecule has 1 atom stereocenters. The normalized spacial score (nSPS) is 12.5. The van der Waals surface area contributed by atoms with Gasteiger partial charge in [-0.15, -0.1) is 0 Å². The molecule has 0 radical (unpaired) electrons. The highest BCUT2D eigenvalue weighted by Crippen LogP contribution is 2.08. The van der Waals surface area contributed by atoms with Crippen molar-refractivity contribution in [2.24, 2.45) is 16.5 Å². The van der Waals surface area contributed by atoms with E-state index in [9.17, 15) is 9.59 Å². The molecule has 0 aliphatic rings. The summed E-state index contributed by atoms with van der Waals surface area (Å²) in [4.78, 5) is 27.1. The number of hydrogen-bond acceptors (Lipinski definition) is 4. The Hall–Kier alpha value is -2.99. The summed E-state index contributed by atoms with van der Waals surface area (Å²) in [5.41, 5.74) is 13.9. The number of aliphatic imine (C=N–C) groups is 1. The van der Waals surface area contributed by atoms with Gasteiger partial charge in [0.25, 0.3) is 0 Å². The molecule has 2 rings (SSSR count). The van der Waals surface area contributed by atoms with Crippen molar-refractivity contribution < 1.29 is 14.3 Å². The lowest BCUT2D eigenvalue weighted by atomic mass is 10.0. The molecule has 6 nitrogen and oxygen atoms in total. The van der Waals surface area contributed by atoms with E-state index in [1.165, 1.54) is 0 Å². The summed E-state index contributed by atoms with van der Waals surface area (Å²) < 4.78 is 5.08. The van der Waals surface area contributed by atoms with Crippen molar-refractivity contribution in [3.63, 3.8) is 0 Å². The van der Waals surface area contributed by atoms with Crippen LogP contribution < -0.4 is 11.5 Å². The van der Waals surface area contributed by atoms with E-state index in [2.05, 4.69) is 4.99 Å². The van der Waals surface area contributed by atoms with Crippen LogP contribution in [0.2, 0.25) is 0 Å². The van der Waals surface area contributed by atoms with E-state index >= 15 is 0 Å². The number of amidine groups is 1. The SMILES string of the molecule is C[C@H](N)C(=O)CCc1ccc(C(N)=NC(=O)OCc2ccccc2)cc1. The Morgan fingerprint density at radius 3 is 2.31 bits per heavy atom. The molecule has 2 aromatic rings. The van der Waals surface area contributed by atoms with Crippen LogP contribution in [0.25, 0.3) is 0 Å². The number of hydrogen-bond donors (Lipinski definition) is 2. The number of carbonyl (C=O) groups excluding carboxylic acids is 2. The molecule has 0 aliphatic heterocycles. The van der Waals surface area contributed by atoms with Crippen LogP contribution in [0.5, 0.6) is 0 Å². The monoisotopic (exact) mass is 353 g/mol. The molecule has 136 valence electrons. The standard InChI is InChI=1S/C20H23N3O3/c1-14(21)18(24)12-9-15-7-10-17(11-8-15)19(22)23-20(25)26-13-16-5-3-2-4-6-16/h2-8,10-11,14H,9,12-13,21H2,1H3,(H2,22,23,25)/t14-/m0/s1. The number of ketones is 1. The van der Waals surface area contributed by atoms with Crippen molar-refractivity contribution in [2.45, 2.75) is 32.4 Å². The van der Waals surface area contributed by atoms with Crippen molar-refractivity contribution in [3.05, 3.63) is 71.3 Å². The smallest absolute Gasteiger partial charge is 0.435 e. The van der Waals surface area contributed by atoms with E-state index in [4.69, 9.17) is 16.2 Å². The van der Waals surface area contributed by atoms with Crippen LogP contribution in [0, 0.1) is 0 Å². The lowest BCUT2D eigenvalue weighted by Crippen LogP contribution is -2.26. The third kappa shape index (κ3) is 6.14. The van der Waals surface area contributed by atoms with Crippen molar-refractivity contribution in [2.75, 3.05) is 0 Å². The van der Waals surface area contributed by atoms with E-state index in [0.717, 1.165) is 11.1 Å². The fourth-order valence-electron chi connectivity index (χ4n) is 2.25. The van der Waals surface area contributed by atoms with Gasteiger partial charge in [-0.2, -0.15) is 4.99 Å². The summed E-state index contributed by atoms with van der Waals surface area (Å²) in [6, 6.07) is 16.1. The summed E-state index contributed by atoms with van der Waals surface area (Å²) in [6.07, 6.45) is 0.265. The third-order valence-corrected chi connectivity index (χ3v) is 3.83. The highest BCUT2D eigenvalue weighted by Gasteiger charge is 2.08. The molecule has 0 bridgehead atoms. The van der Waals surface area contributed by atoms with Crippen LogP contribution in [0.1, 0.15) is 30.0 Å². The van der Waals surface area contributed by atoms with E-state index in [1.54, 1.807) is 19.1 Å². The number of amides is 1. The second-order valence-corrected chi connectivity index (χ2v) is 5.99. The van der Waals surface area contributed by atoms with E-state index < -0.39 is 12.1 Å². The number of nitrogens with zero attached hydrogens (tertiary/aromatic N) is 1. The quantitative estimate of drug-likeness (QED) is 0.587. The summed E-state index contributed by atoms with van der Waals surface area (Å²) in [5, 5.41) is 0. The van der Waals surface area contributed by atoms with Crippen molar-refractivity contribution in [1.82, 2.24) is 0 Å². The van der Waals surface area contributed by atoms with Gasteiger partial charge in [-0.3, -0.25) is 4.79 Å². The molecule has 0 saturated carbocycles. The number of benzene rings is 2. The molecule has 0 heterocycles. The van der Waals surface area contributed by atoms with Gasteiger partial charge in [0.1, 0.15) is 18.2 Å². The maximum Gasteiger partial charge on any atom is 0.435 e. The molecule has 0 aromatic heterocycles. The largest absolute Gasteiger partial charge is 0.443 e. The van der Waals surface area contributed by atoms with Crippen LogP contribution in [-0.2, 0) is 22.6 Å². The first-order valence-electron chi connectivity index (χ1n) is 8.38. The Morgan fingerprint density at radius 1 is 1.04 bits per heavy atom. The number of carbonyl (C=O) groups is 2. The van der Waals surface area contributed by atoms with Crippen LogP contribution in [-0.4, -0.2) is 23.8 Å². The molecule has 1 amide bonds. The minimum Gasteiger partial charge on any atom is -0.443 e. The molecule has 0 spiro atoms. The molecular formula is C20H23N3O3. The van der Waals surface area contributed by atoms with Crippen molar-refractivity contribution in [3.8, 4) is 0 Å². The van der Waals surface area contributed by atoms with Gasteiger partial charge in [0.2, 0.25) is 0 Å². The predicted octanol–water partition coefficient (Wildman–Crippen LogP) is 2.58. The zero-order chi connectivity index (χ0) is 18.9. The average Bonchev–Trinajstić information content (AvgIpc) is 2.65. The second kappa shape index (κ2) is 9.48. The molecule has 0 saturated heterocycles. The average molecular weight is 353 g/mol. The van der Waals surface area contributed by atoms with E-state index in [-0.39, 0.29) is 18.2 Å². The Labute approximate surface area is 152 Å². The second-order valence-electron chi connectivity index (χ2n) is 5.99. The van der Waals surface area contributed by atoms with Gasteiger partial charge in [-0.25, -0.2) is 4.79 Å². The summed E-state index contributed by atoms with van der Waals surface area (Å²) >= 11 is 0. The van der Waals surface area contributed by atoms with E-state index in [1.807, 2.05) is 42.5 Å². The van der Waals surface area contributed by atoms with Gasteiger partial charge in [-0.05, 0) is 24.5 Å². The molecule has 4 N–H and O–H groups in total. The maximum absolute atomic E-state index is 11.8. The molecular weight excluding hydrogens is 330 g/mol. The van der Waals surface area contributed by atoms with Gasteiger partial charge in [0.15, 0.2) is 0 Å². The van der Waals surface area contributed by atoms with Gasteiger partial charge >= 0.3 is 6.09 Å². The van der Waals surface area contributed by atoms with Gasteiger partial charge in [-0.1, -0.05) is 54.6 Å². The highest BCUT2D eigenvalue weighted by atomic mass is 16.5. The first-order chi connectivity index (χ1) is 12.5. The highest BCUT2D eigenvalue weighted by molar-refractivity contribution is 6.02. The number of rotatable bonds is 7. The lowest BCUT2D eigenvalue weighted by Gasteiger charge is -2.06. The third-order valence-electron chi connectivity index (χ3n) is 3.83. The Bertz CT molecular complexity index is 769. The van der Waals surface area contributed by atoms with Crippen LogP contribution in [0.15, 0.2) is 59.6 Å². The molecule has 0 aliphatic carbocycles. The fourth-order valence-corrected chi connectivity index (χ4v) is 2.25. The number of nitrogens with two attached hydrogens (primary N) is 2. The molecule has 2 aromatic carbocycles. The van der Waals surface area contributed by atoms with Crippen LogP contribution >= 0.6 is 0 Å². The topological polar surface area (TPSA) is 108 Å². The zero-order valence-electron chi connectivity index (χ0n) is 14.7. The number of aryl methyl sites for hydroxylation is 1. The molecule has 0 fully saturated rings. The summed E-state index contributed by atoms with van der Waals surface area (Å²) in [6.45, 7) is 1.82. The van der Waals surface area contributed by atoms with Gasteiger partial charge in [0, 0.05) is 12.0 Å². The lowest BCUT2D eigenvalue weighted by molar-refractivity contribution is -0.119. The molecule has 0 unspecified atom stereocenters. The van der Waals surface area contributed by atoms with Crippen molar-refractivity contribution >= 4 is 17.7 Å². The zero-order valence-corrected chi connectivity index (χ0v) is 14.7. The first kappa shape index (κ1) is 19.3. The molecule has 26 heavy (non-hydrogen) atoms. The minimum absolute atomic E-state index is 0.0244. The van der Waals surface area contributed by atoms with Gasteiger partial charge < -0.3 is 16.2 Å². The Balaban J connectivity index is 1.89.